The zero-order chi connectivity index (χ0) is 16.7. The summed E-state index contributed by atoms with van der Waals surface area (Å²) in [7, 11) is 0. The van der Waals surface area contributed by atoms with Gasteiger partial charge >= 0.3 is 0 Å². The molecule has 0 aliphatic heterocycles. The highest BCUT2D eigenvalue weighted by atomic mass is 16.3. The van der Waals surface area contributed by atoms with E-state index in [1.807, 2.05) is 31.2 Å². The third kappa shape index (κ3) is 2.57. The first-order chi connectivity index (χ1) is 11.6. The number of rotatable bonds is 2. The second kappa shape index (κ2) is 5.95. The Hall–Kier alpha value is -2.33. The maximum absolute atomic E-state index is 12.7. The minimum Gasteiger partial charge on any atom is -0.450 e. The average molecular weight is 322 g/mol. The van der Waals surface area contributed by atoms with Crippen LogP contribution in [0, 0.1) is 6.92 Å². The van der Waals surface area contributed by atoms with Crippen molar-refractivity contribution in [2.24, 2.45) is 5.73 Å². The van der Waals surface area contributed by atoms with Crippen molar-refractivity contribution in [1.29, 1.82) is 0 Å². The highest BCUT2D eigenvalue weighted by Crippen LogP contribution is 2.32. The van der Waals surface area contributed by atoms with Gasteiger partial charge in [0.05, 0.1) is 0 Å². The molecule has 0 atom stereocenters. The molecule has 1 saturated carbocycles. The van der Waals surface area contributed by atoms with Crippen LogP contribution in [0.1, 0.15) is 41.8 Å². The predicted molar refractivity (Wildman–Crippen MR) is 96.2 cm³/mol. The van der Waals surface area contributed by atoms with Gasteiger partial charge in [-0.05, 0) is 38.0 Å². The van der Waals surface area contributed by atoms with E-state index in [2.05, 4.69) is 17.4 Å². The number of carbonyl (C=O) groups is 1. The number of furan rings is 1. The molecular formula is C20H22N2O2. The number of hydrogen-bond donors (Lipinski definition) is 2. The molecule has 1 aliphatic rings. The molecule has 1 amide bonds. The predicted octanol–water partition coefficient (Wildman–Crippen LogP) is 3.89. The van der Waals surface area contributed by atoms with Gasteiger partial charge in [-0.15, -0.1) is 0 Å². The minimum atomic E-state index is -0.117. The van der Waals surface area contributed by atoms with Crippen molar-refractivity contribution >= 4 is 27.6 Å². The molecule has 124 valence electrons. The van der Waals surface area contributed by atoms with Gasteiger partial charge in [-0.3, -0.25) is 4.79 Å². The van der Waals surface area contributed by atoms with Gasteiger partial charge in [0.15, 0.2) is 5.76 Å². The van der Waals surface area contributed by atoms with E-state index >= 15 is 0 Å². The number of nitrogens with one attached hydrogen (secondary N) is 1. The molecule has 1 aliphatic carbocycles. The molecule has 0 saturated heterocycles. The van der Waals surface area contributed by atoms with Crippen LogP contribution in [-0.4, -0.2) is 18.0 Å². The summed E-state index contributed by atoms with van der Waals surface area (Å²) in [5, 5.41) is 6.28. The van der Waals surface area contributed by atoms with Gasteiger partial charge in [0, 0.05) is 28.4 Å². The molecule has 3 N–H and O–H groups in total. The van der Waals surface area contributed by atoms with Crippen molar-refractivity contribution in [3.63, 3.8) is 0 Å². The zero-order valence-electron chi connectivity index (χ0n) is 13.8. The van der Waals surface area contributed by atoms with E-state index in [0.717, 1.165) is 53.0 Å². The average Bonchev–Trinajstić information content (AvgIpc) is 2.94. The van der Waals surface area contributed by atoms with E-state index in [4.69, 9.17) is 10.2 Å². The van der Waals surface area contributed by atoms with Crippen LogP contribution in [0.4, 0.5) is 0 Å². The Balaban J connectivity index is 1.67. The largest absolute Gasteiger partial charge is 0.450 e. The standard InChI is InChI=1S/C20H22N2O2/c1-12-16-11-6-13-4-2-3-5-17(13)19(16)24-18(12)20(23)22-15-9-7-14(21)8-10-15/h2-6,11,14-15H,7-10,21H2,1H3,(H,22,23). The fourth-order valence-corrected chi connectivity index (χ4v) is 3.68. The van der Waals surface area contributed by atoms with Crippen LogP contribution in [0.15, 0.2) is 40.8 Å². The molecule has 4 nitrogen and oxygen atoms in total. The lowest BCUT2D eigenvalue weighted by atomic mass is 9.92. The SMILES string of the molecule is Cc1c(C(=O)NC2CCC(N)CC2)oc2c1ccc1ccccc12. The summed E-state index contributed by atoms with van der Waals surface area (Å²) in [6.07, 6.45) is 3.81. The molecule has 1 fully saturated rings. The number of carbonyl (C=O) groups excluding carboxylic acids is 1. The van der Waals surface area contributed by atoms with Crippen molar-refractivity contribution in [3.05, 3.63) is 47.7 Å². The maximum atomic E-state index is 12.7. The highest BCUT2D eigenvalue weighted by molar-refractivity contribution is 6.08. The quantitative estimate of drug-likeness (QED) is 0.752. The van der Waals surface area contributed by atoms with Crippen molar-refractivity contribution in [1.82, 2.24) is 5.32 Å². The molecule has 3 aromatic rings. The Labute approximate surface area is 141 Å². The lowest BCUT2D eigenvalue weighted by Gasteiger charge is -2.26. The lowest BCUT2D eigenvalue weighted by molar-refractivity contribution is 0.0899. The molecule has 1 heterocycles. The van der Waals surface area contributed by atoms with Gasteiger partial charge in [0.25, 0.3) is 5.91 Å². The van der Waals surface area contributed by atoms with Crippen molar-refractivity contribution in [2.45, 2.75) is 44.7 Å². The third-order valence-electron chi connectivity index (χ3n) is 5.14. The Morgan fingerprint density at radius 1 is 1.08 bits per heavy atom. The maximum Gasteiger partial charge on any atom is 0.287 e. The van der Waals surface area contributed by atoms with Crippen molar-refractivity contribution in [3.8, 4) is 0 Å². The van der Waals surface area contributed by atoms with Gasteiger partial charge < -0.3 is 15.5 Å². The summed E-state index contributed by atoms with van der Waals surface area (Å²) in [6, 6.07) is 12.7. The summed E-state index contributed by atoms with van der Waals surface area (Å²) in [5.74, 6) is 0.310. The first kappa shape index (κ1) is 15.2. The molecule has 24 heavy (non-hydrogen) atoms. The monoisotopic (exact) mass is 322 g/mol. The highest BCUT2D eigenvalue weighted by Gasteiger charge is 2.24. The smallest absolute Gasteiger partial charge is 0.287 e. The first-order valence-corrected chi connectivity index (χ1v) is 8.61. The van der Waals surface area contributed by atoms with Gasteiger partial charge in [-0.1, -0.05) is 36.4 Å². The summed E-state index contributed by atoms with van der Waals surface area (Å²) in [5.41, 5.74) is 7.63. The van der Waals surface area contributed by atoms with Gasteiger partial charge in [0.1, 0.15) is 5.58 Å². The summed E-state index contributed by atoms with van der Waals surface area (Å²) < 4.78 is 6.00. The van der Waals surface area contributed by atoms with Gasteiger partial charge in [-0.25, -0.2) is 0 Å². The van der Waals surface area contributed by atoms with Crippen molar-refractivity contribution in [2.75, 3.05) is 0 Å². The van der Waals surface area contributed by atoms with Crippen molar-refractivity contribution < 1.29 is 9.21 Å². The molecule has 0 bridgehead atoms. The fourth-order valence-electron chi connectivity index (χ4n) is 3.68. The minimum absolute atomic E-state index is 0.117. The van der Waals surface area contributed by atoms with E-state index in [-0.39, 0.29) is 18.0 Å². The molecule has 0 radical (unpaired) electrons. The van der Waals surface area contributed by atoms with E-state index in [1.54, 1.807) is 0 Å². The van der Waals surface area contributed by atoms with Crippen LogP contribution in [0.2, 0.25) is 0 Å². The summed E-state index contributed by atoms with van der Waals surface area (Å²) in [6.45, 7) is 1.95. The number of aryl methyl sites for hydroxylation is 1. The van der Waals surface area contributed by atoms with Gasteiger partial charge in [0.2, 0.25) is 0 Å². The van der Waals surface area contributed by atoms with E-state index in [1.165, 1.54) is 0 Å². The Morgan fingerprint density at radius 3 is 2.62 bits per heavy atom. The van der Waals surface area contributed by atoms with Crippen LogP contribution in [0.25, 0.3) is 21.7 Å². The Kier molecular flexibility index (Phi) is 3.77. The number of amides is 1. The lowest BCUT2D eigenvalue weighted by Crippen LogP contribution is -2.40. The number of hydrogen-bond acceptors (Lipinski definition) is 3. The molecule has 1 aromatic heterocycles. The second-order valence-electron chi connectivity index (χ2n) is 6.80. The Bertz CT molecular complexity index is 905. The molecule has 4 heteroatoms. The molecule has 0 unspecified atom stereocenters. The molecule has 0 spiro atoms. The normalized spacial score (nSPS) is 21.2. The van der Waals surface area contributed by atoms with E-state index < -0.39 is 0 Å². The van der Waals surface area contributed by atoms with Crippen LogP contribution in [-0.2, 0) is 0 Å². The zero-order valence-corrected chi connectivity index (χ0v) is 13.8. The van der Waals surface area contributed by atoms with Crippen LogP contribution < -0.4 is 11.1 Å². The van der Waals surface area contributed by atoms with E-state index in [9.17, 15) is 4.79 Å². The summed E-state index contributed by atoms with van der Waals surface area (Å²) >= 11 is 0. The molecule has 2 aromatic carbocycles. The number of benzene rings is 2. The molecular weight excluding hydrogens is 300 g/mol. The van der Waals surface area contributed by atoms with Gasteiger partial charge in [-0.2, -0.15) is 0 Å². The van der Waals surface area contributed by atoms with Crippen LogP contribution in [0.3, 0.4) is 0 Å². The topological polar surface area (TPSA) is 68.3 Å². The second-order valence-corrected chi connectivity index (χ2v) is 6.80. The van der Waals surface area contributed by atoms with Crippen LogP contribution in [0.5, 0.6) is 0 Å². The number of fused-ring (bicyclic) bond motifs is 3. The van der Waals surface area contributed by atoms with Crippen LogP contribution >= 0.6 is 0 Å². The molecule has 4 rings (SSSR count). The fraction of sp³-hybridized carbons (Fsp3) is 0.350. The third-order valence-corrected chi connectivity index (χ3v) is 5.14. The Morgan fingerprint density at radius 2 is 1.83 bits per heavy atom. The summed E-state index contributed by atoms with van der Waals surface area (Å²) in [4.78, 5) is 12.7. The van der Waals surface area contributed by atoms with E-state index in [0.29, 0.717) is 5.76 Å². The number of nitrogens with two attached hydrogens (primary N) is 1. The first-order valence-electron chi connectivity index (χ1n) is 8.61.